The fraction of sp³-hybridized carbons (Fsp3) is 1.00. The third-order valence-corrected chi connectivity index (χ3v) is 7.23. The van der Waals surface area contributed by atoms with Crippen molar-refractivity contribution in [1.82, 2.24) is 4.31 Å². The van der Waals surface area contributed by atoms with Crippen LogP contribution < -0.4 is 0 Å². The Labute approximate surface area is 133 Å². The predicted octanol–water partition coefficient (Wildman–Crippen LogP) is 4.03. The van der Waals surface area contributed by atoms with Crippen LogP contribution in [0, 0.1) is 11.3 Å². The Hall–Kier alpha value is 0.390. The van der Waals surface area contributed by atoms with Crippen LogP contribution >= 0.6 is 15.9 Å². The van der Waals surface area contributed by atoms with Gasteiger partial charge in [-0.1, -0.05) is 42.6 Å². The molecule has 2 unspecified atom stereocenters. The number of hydrogen-bond acceptors (Lipinski definition) is 2. The van der Waals surface area contributed by atoms with Gasteiger partial charge < -0.3 is 0 Å². The summed E-state index contributed by atoms with van der Waals surface area (Å²) >= 11 is 3.71. The molecule has 1 fully saturated rings. The van der Waals surface area contributed by atoms with E-state index in [-0.39, 0.29) is 0 Å². The lowest BCUT2D eigenvalue weighted by atomic mass is 9.73. The van der Waals surface area contributed by atoms with Gasteiger partial charge in [0.1, 0.15) is 0 Å². The topological polar surface area (TPSA) is 37.4 Å². The molecule has 1 aliphatic rings. The number of piperidine rings is 1. The monoisotopic (exact) mass is 367 g/mol. The van der Waals surface area contributed by atoms with Gasteiger partial charge in [0.05, 0.1) is 6.26 Å². The van der Waals surface area contributed by atoms with Gasteiger partial charge in [-0.2, -0.15) is 0 Å². The van der Waals surface area contributed by atoms with Gasteiger partial charge in [-0.25, -0.2) is 12.7 Å². The highest BCUT2D eigenvalue weighted by Gasteiger charge is 2.33. The zero-order chi connectivity index (χ0) is 15.2. The van der Waals surface area contributed by atoms with Gasteiger partial charge in [0.15, 0.2) is 0 Å². The minimum atomic E-state index is -3.02. The number of nitrogens with zero attached hydrogens (tertiary/aromatic N) is 1. The van der Waals surface area contributed by atoms with E-state index >= 15 is 0 Å². The van der Waals surface area contributed by atoms with Crippen LogP contribution in [0.15, 0.2) is 0 Å². The highest BCUT2D eigenvalue weighted by atomic mass is 79.9. The van der Waals surface area contributed by atoms with Crippen LogP contribution in [0.4, 0.5) is 0 Å². The summed E-state index contributed by atoms with van der Waals surface area (Å²) in [5, 5.41) is 1.03. The van der Waals surface area contributed by atoms with E-state index in [0.717, 1.165) is 24.7 Å². The summed E-state index contributed by atoms with van der Waals surface area (Å²) in [5.41, 5.74) is 0.348. The molecule has 0 spiro atoms. The SMILES string of the molecule is CCCCC(CC)(CBr)CC1CCCN(S(C)(=O)=O)C1. The van der Waals surface area contributed by atoms with E-state index in [1.165, 1.54) is 38.4 Å². The summed E-state index contributed by atoms with van der Waals surface area (Å²) in [6.07, 6.45) is 9.59. The first kappa shape index (κ1) is 18.4. The first-order chi connectivity index (χ1) is 9.37. The van der Waals surface area contributed by atoms with Gasteiger partial charge in [-0.15, -0.1) is 0 Å². The Morgan fingerprint density at radius 1 is 1.35 bits per heavy atom. The van der Waals surface area contributed by atoms with Crippen LogP contribution in [0.5, 0.6) is 0 Å². The molecular formula is C15H30BrNO2S. The first-order valence-corrected chi connectivity index (χ1v) is 10.8. The van der Waals surface area contributed by atoms with Gasteiger partial charge in [0.25, 0.3) is 0 Å². The maximum absolute atomic E-state index is 11.7. The van der Waals surface area contributed by atoms with Gasteiger partial charge in [0, 0.05) is 18.4 Å². The van der Waals surface area contributed by atoms with E-state index < -0.39 is 10.0 Å². The predicted molar refractivity (Wildman–Crippen MR) is 89.8 cm³/mol. The van der Waals surface area contributed by atoms with Crippen molar-refractivity contribution in [2.45, 2.75) is 58.8 Å². The highest BCUT2D eigenvalue weighted by Crippen LogP contribution is 2.40. The maximum atomic E-state index is 11.7. The van der Waals surface area contributed by atoms with Crippen LogP contribution in [0.2, 0.25) is 0 Å². The fourth-order valence-electron chi connectivity index (χ4n) is 3.30. The Bertz CT molecular complexity index is 379. The molecule has 0 bridgehead atoms. The number of sulfonamides is 1. The minimum absolute atomic E-state index is 0.348. The molecule has 0 aliphatic carbocycles. The molecule has 1 saturated heterocycles. The Balaban J connectivity index is 2.68. The van der Waals surface area contributed by atoms with Crippen molar-refractivity contribution >= 4 is 26.0 Å². The van der Waals surface area contributed by atoms with Gasteiger partial charge in [-0.3, -0.25) is 0 Å². The molecular weight excluding hydrogens is 338 g/mol. The highest BCUT2D eigenvalue weighted by molar-refractivity contribution is 9.09. The quantitative estimate of drug-likeness (QED) is 0.607. The van der Waals surface area contributed by atoms with Crippen molar-refractivity contribution in [3.8, 4) is 0 Å². The molecule has 0 amide bonds. The number of rotatable bonds is 8. The molecule has 0 radical (unpaired) electrons. The maximum Gasteiger partial charge on any atom is 0.211 e. The third-order valence-electron chi connectivity index (χ3n) is 4.77. The Morgan fingerprint density at radius 3 is 2.55 bits per heavy atom. The summed E-state index contributed by atoms with van der Waals surface area (Å²) in [4.78, 5) is 0. The molecule has 3 nitrogen and oxygen atoms in total. The van der Waals surface area contributed by atoms with Crippen molar-refractivity contribution in [2.75, 3.05) is 24.7 Å². The van der Waals surface area contributed by atoms with Crippen molar-refractivity contribution < 1.29 is 8.42 Å². The lowest BCUT2D eigenvalue weighted by molar-refractivity contribution is 0.164. The van der Waals surface area contributed by atoms with Gasteiger partial charge in [-0.05, 0) is 43.4 Å². The third kappa shape index (κ3) is 5.30. The zero-order valence-electron chi connectivity index (χ0n) is 13.2. The Kier molecular flexibility index (Phi) is 7.50. The van der Waals surface area contributed by atoms with Crippen LogP contribution in [-0.2, 0) is 10.0 Å². The lowest BCUT2D eigenvalue weighted by Gasteiger charge is -2.38. The van der Waals surface area contributed by atoms with Crippen molar-refractivity contribution in [3.63, 3.8) is 0 Å². The van der Waals surface area contributed by atoms with Crippen molar-refractivity contribution in [3.05, 3.63) is 0 Å². The van der Waals surface area contributed by atoms with Crippen LogP contribution in [-0.4, -0.2) is 37.4 Å². The molecule has 1 aliphatic heterocycles. The molecule has 0 saturated carbocycles. The molecule has 120 valence electrons. The average molecular weight is 368 g/mol. The lowest BCUT2D eigenvalue weighted by Crippen LogP contribution is -2.41. The van der Waals surface area contributed by atoms with E-state index in [2.05, 4.69) is 29.8 Å². The fourth-order valence-corrected chi connectivity index (χ4v) is 5.15. The molecule has 20 heavy (non-hydrogen) atoms. The molecule has 0 N–H and O–H groups in total. The largest absolute Gasteiger partial charge is 0.213 e. The Morgan fingerprint density at radius 2 is 2.05 bits per heavy atom. The van der Waals surface area contributed by atoms with E-state index in [1.54, 1.807) is 4.31 Å². The zero-order valence-corrected chi connectivity index (χ0v) is 15.6. The molecule has 5 heteroatoms. The number of hydrogen-bond donors (Lipinski definition) is 0. The number of halogens is 1. The van der Waals surface area contributed by atoms with E-state index in [0.29, 0.717) is 17.9 Å². The van der Waals surface area contributed by atoms with Crippen LogP contribution in [0.3, 0.4) is 0 Å². The normalized spacial score (nSPS) is 24.5. The summed E-state index contributed by atoms with van der Waals surface area (Å²) < 4.78 is 25.1. The molecule has 0 aromatic carbocycles. The minimum Gasteiger partial charge on any atom is -0.213 e. The summed E-state index contributed by atoms with van der Waals surface area (Å²) in [5.74, 6) is 0.521. The summed E-state index contributed by atoms with van der Waals surface area (Å²) in [6, 6.07) is 0. The van der Waals surface area contributed by atoms with E-state index in [4.69, 9.17) is 0 Å². The van der Waals surface area contributed by atoms with E-state index in [1.807, 2.05) is 0 Å². The summed E-state index contributed by atoms with van der Waals surface area (Å²) in [7, 11) is -3.02. The second-order valence-electron chi connectivity index (χ2n) is 6.42. The molecule has 0 aromatic heterocycles. The molecule has 0 aromatic rings. The summed E-state index contributed by atoms with van der Waals surface area (Å²) in [6.45, 7) is 5.94. The van der Waals surface area contributed by atoms with Crippen LogP contribution in [0.1, 0.15) is 58.8 Å². The smallest absolute Gasteiger partial charge is 0.211 e. The number of unbranched alkanes of at least 4 members (excludes halogenated alkanes) is 1. The molecule has 1 rings (SSSR count). The van der Waals surface area contributed by atoms with Gasteiger partial charge >= 0.3 is 0 Å². The van der Waals surface area contributed by atoms with Crippen molar-refractivity contribution in [2.24, 2.45) is 11.3 Å². The second kappa shape index (κ2) is 8.14. The van der Waals surface area contributed by atoms with Crippen LogP contribution in [0.25, 0.3) is 0 Å². The first-order valence-electron chi connectivity index (χ1n) is 7.88. The molecule has 1 heterocycles. The van der Waals surface area contributed by atoms with Crippen molar-refractivity contribution in [1.29, 1.82) is 0 Å². The van der Waals surface area contributed by atoms with Gasteiger partial charge in [0.2, 0.25) is 10.0 Å². The number of alkyl halides is 1. The molecule has 2 atom stereocenters. The van der Waals surface area contributed by atoms with E-state index in [9.17, 15) is 8.42 Å². The average Bonchev–Trinajstić information content (AvgIpc) is 2.43. The standard InChI is InChI=1S/C15H30BrNO2S/c1-4-6-9-15(5-2,13-16)11-14-8-7-10-17(12-14)20(3,18)19/h14H,4-13H2,1-3H3. The second-order valence-corrected chi connectivity index (χ2v) is 8.97.